The molecule has 0 aliphatic rings. The third kappa shape index (κ3) is 3.81. The van der Waals surface area contributed by atoms with Crippen LogP contribution in [0.2, 0.25) is 0 Å². The van der Waals surface area contributed by atoms with Crippen LogP contribution in [-0.2, 0) is 6.54 Å². The number of para-hydroxylation sites is 1. The number of carbonyl (C=O) groups is 1. The van der Waals surface area contributed by atoms with E-state index >= 15 is 0 Å². The van der Waals surface area contributed by atoms with Crippen molar-refractivity contribution in [3.63, 3.8) is 0 Å². The second-order valence-electron chi connectivity index (χ2n) is 5.44. The Kier molecular flexibility index (Phi) is 5.50. The fourth-order valence-electron chi connectivity index (χ4n) is 2.56. The van der Waals surface area contributed by atoms with Gasteiger partial charge in [-0.25, -0.2) is 0 Å². The van der Waals surface area contributed by atoms with Gasteiger partial charge in [-0.1, -0.05) is 18.2 Å². The molecule has 1 N–H and O–H groups in total. The van der Waals surface area contributed by atoms with E-state index in [1.807, 2.05) is 30.3 Å². The van der Waals surface area contributed by atoms with E-state index in [1.165, 1.54) is 21.3 Å². The summed E-state index contributed by atoms with van der Waals surface area (Å²) in [5.41, 5.74) is 1.17. The van der Waals surface area contributed by atoms with E-state index < -0.39 is 0 Å². The lowest BCUT2D eigenvalue weighted by Gasteiger charge is -2.14. The number of hydrogen-bond donors (Lipinski definition) is 1. The van der Waals surface area contributed by atoms with Gasteiger partial charge >= 0.3 is 0 Å². The third-order valence-electron chi connectivity index (χ3n) is 3.87. The number of aromatic nitrogens is 4. The molecule has 0 saturated heterocycles. The van der Waals surface area contributed by atoms with Crippen molar-refractivity contribution in [2.75, 3.05) is 21.3 Å². The van der Waals surface area contributed by atoms with E-state index in [-0.39, 0.29) is 12.5 Å². The van der Waals surface area contributed by atoms with Crippen LogP contribution in [-0.4, -0.2) is 47.4 Å². The molecule has 9 nitrogen and oxygen atoms in total. The summed E-state index contributed by atoms with van der Waals surface area (Å²) in [5, 5.41) is 14.4. The first-order chi connectivity index (χ1) is 13.2. The summed E-state index contributed by atoms with van der Waals surface area (Å²) in [6.07, 6.45) is 0. The Labute approximate surface area is 155 Å². The van der Waals surface area contributed by atoms with Gasteiger partial charge in [-0.3, -0.25) is 4.79 Å². The highest BCUT2D eigenvalue weighted by atomic mass is 16.5. The van der Waals surface area contributed by atoms with E-state index in [0.717, 1.165) is 5.69 Å². The second-order valence-corrected chi connectivity index (χ2v) is 5.44. The zero-order valence-corrected chi connectivity index (χ0v) is 15.2. The average Bonchev–Trinajstić information content (AvgIpc) is 3.20. The first-order valence-electron chi connectivity index (χ1n) is 8.08. The van der Waals surface area contributed by atoms with Crippen molar-refractivity contribution in [2.45, 2.75) is 6.54 Å². The van der Waals surface area contributed by atoms with Gasteiger partial charge in [0.05, 0.1) is 33.6 Å². The van der Waals surface area contributed by atoms with E-state index in [0.29, 0.717) is 28.6 Å². The summed E-state index contributed by atoms with van der Waals surface area (Å²) < 4.78 is 17.4. The standard InChI is InChI=1S/C18H19N5O4/c1-25-14-9-12(10-15(26-2)17(14)27-3)18(24)19-11-16-20-21-22-23(16)13-7-5-4-6-8-13/h4-10H,11H2,1-3H3,(H,19,24). The molecule has 0 bridgehead atoms. The minimum absolute atomic E-state index is 0.150. The number of nitrogens with one attached hydrogen (secondary N) is 1. The van der Waals surface area contributed by atoms with Crippen LogP contribution in [0.4, 0.5) is 0 Å². The highest BCUT2D eigenvalue weighted by Gasteiger charge is 2.17. The van der Waals surface area contributed by atoms with Gasteiger partial charge in [-0.15, -0.1) is 5.10 Å². The highest BCUT2D eigenvalue weighted by Crippen LogP contribution is 2.38. The Hall–Kier alpha value is -3.62. The lowest BCUT2D eigenvalue weighted by atomic mass is 10.1. The summed E-state index contributed by atoms with van der Waals surface area (Å²) in [5.74, 6) is 1.40. The number of benzene rings is 2. The predicted molar refractivity (Wildman–Crippen MR) is 96.4 cm³/mol. The van der Waals surface area contributed by atoms with Crippen LogP contribution >= 0.6 is 0 Å². The Balaban J connectivity index is 1.79. The monoisotopic (exact) mass is 369 g/mol. The van der Waals surface area contributed by atoms with Gasteiger partial charge in [0.15, 0.2) is 17.3 Å². The highest BCUT2D eigenvalue weighted by molar-refractivity contribution is 5.95. The van der Waals surface area contributed by atoms with Crippen LogP contribution < -0.4 is 19.5 Å². The van der Waals surface area contributed by atoms with E-state index in [2.05, 4.69) is 20.8 Å². The molecular weight excluding hydrogens is 350 g/mol. The van der Waals surface area contributed by atoms with Crippen LogP contribution in [0.25, 0.3) is 5.69 Å². The number of hydrogen-bond acceptors (Lipinski definition) is 7. The largest absolute Gasteiger partial charge is 0.493 e. The molecule has 0 radical (unpaired) electrons. The third-order valence-corrected chi connectivity index (χ3v) is 3.87. The van der Waals surface area contributed by atoms with E-state index in [1.54, 1.807) is 16.8 Å². The van der Waals surface area contributed by atoms with Crippen LogP contribution in [0.5, 0.6) is 17.2 Å². The fraction of sp³-hybridized carbons (Fsp3) is 0.222. The predicted octanol–water partition coefficient (Wildman–Crippen LogP) is 1.62. The molecule has 3 aromatic rings. The first-order valence-corrected chi connectivity index (χ1v) is 8.08. The quantitative estimate of drug-likeness (QED) is 0.675. The maximum atomic E-state index is 12.6. The van der Waals surface area contributed by atoms with Crippen molar-refractivity contribution in [2.24, 2.45) is 0 Å². The molecule has 1 heterocycles. The Morgan fingerprint density at radius 2 is 1.70 bits per heavy atom. The van der Waals surface area contributed by atoms with Crippen molar-refractivity contribution in [1.29, 1.82) is 0 Å². The van der Waals surface area contributed by atoms with Gasteiger partial charge in [0.1, 0.15) is 0 Å². The van der Waals surface area contributed by atoms with E-state index in [9.17, 15) is 4.79 Å². The molecule has 0 aliphatic heterocycles. The molecule has 1 amide bonds. The zero-order chi connectivity index (χ0) is 19.2. The smallest absolute Gasteiger partial charge is 0.251 e. The van der Waals surface area contributed by atoms with Gasteiger partial charge in [0.2, 0.25) is 5.75 Å². The molecule has 0 saturated carbocycles. The topological polar surface area (TPSA) is 100 Å². The molecule has 0 unspecified atom stereocenters. The maximum Gasteiger partial charge on any atom is 0.251 e. The summed E-state index contributed by atoms with van der Waals surface area (Å²) in [6.45, 7) is 0.150. The molecule has 1 aromatic heterocycles. The van der Waals surface area contributed by atoms with Gasteiger partial charge in [0, 0.05) is 5.56 Å². The molecule has 0 spiro atoms. The molecule has 0 fully saturated rings. The number of carbonyl (C=O) groups excluding carboxylic acids is 1. The number of nitrogens with zero attached hydrogens (tertiary/aromatic N) is 4. The summed E-state index contributed by atoms with van der Waals surface area (Å²) in [7, 11) is 4.49. The van der Waals surface area contributed by atoms with E-state index in [4.69, 9.17) is 14.2 Å². The molecular formula is C18H19N5O4. The lowest BCUT2D eigenvalue weighted by molar-refractivity contribution is 0.0948. The van der Waals surface area contributed by atoms with Crippen molar-refractivity contribution in [3.05, 3.63) is 53.9 Å². The van der Waals surface area contributed by atoms with Gasteiger partial charge in [0.25, 0.3) is 5.91 Å². The second kappa shape index (κ2) is 8.17. The first kappa shape index (κ1) is 18.2. The van der Waals surface area contributed by atoms with Crippen LogP contribution in [0, 0.1) is 0 Å². The SMILES string of the molecule is COc1cc(C(=O)NCc2nnnn2-c2ccccc2)cc(OC)c1OC. The van der Waals surface area contributed by atoms with Crippen molar-refractivity contribution in [1.82, 2.24) is 25.5 Å². The molecule has 2 aromatic carbocycles. The Morgan fingerprint density at radius 3 is 2.30 bits per heavy atom. The number of amides is 1. The number of methoxy groups -OCH3 is 3. The van der Waals surface area contributed by atoms with Crippen molar-refractivity contribution >= 4 is 5.91 Å². The number of ether oxygens (including phenoxy) is 3. The summed E-state index contributed by atoms with van der Waals surface area (Å²) in [6, 6.07) is 12.6. The number of tetrazole rings is 1. The van der Waals surface area contributed by atoms with Crippen LogP contribution in [0.3, 0.4) is 0 Å². The van der Waals surface area contributed by atoms with Crippen LogP contribution in [0.1, 0.15) is 16.2 Å². The minimum Gasteiger partial charge on any atom is -0.493 e. The summed E-state index contributed by atoms with van der Waals surface area (Å²) in [4.78, 5) is 12.6. The Bertz CT molecular complexity index is 902. The fourth-order valence-corrected chi connectivity index (χ4v) is 2.56. The molecule has 0 atom stereocenters. The molecule has 0 aliphatic carbocycles. The van der Waals surface area contributed by atoms with Gasteiger partial charge in [-0.2, -0.15) is 4.68 Å². The number of rotatable bonds is 7. The average molecular weight is 369 g/mol. The minimum atomic E-state index is -0.322. The Morgan fingerprint density at radius 1 is 1.04 bits per heavy atom. The normalized spacial score (nSPS) is 10.3. The zero-order valence-electron chi connectivity index (χ0n) is 15.2. The van der Waals surface area contributed by atoms with Crippen molar-refractivity contribution < 1.29 is 19.0 Å². The van der Waals surface area contributed by atoms with Gasteiger partial charge < -0.3 is 19.5 Å². The maximum absolute atomic E-state index is 12.6. The van der Waals surface area contributed by atoms with Crippen LogP contribution in [0.15, 0.2) is 42.5 Å². The lowest BCUT2D eigenvalue weighted by Crippen LogP contribution is -2.25. The molecule has 27 heavy (non-hydrogen) atoms. The molecule has 9 heteroatoms. The molecule has 3 rings (SSSR count). The molecule has 140 valence electrons. The van der Waals surface area contributed by atoms with Gasteiger partial charge in [-0.05, 0) is 34.7 Å². The van der Waals surface area contributed by atoms with Crippen molar-refractivity contribution in [3.8, 4) is 22.9 Å². The summed E-state index contributed by atoms with van der Waals surface area (Å²) >= 11 is 0.